The average molecular weight is 320 g/mol. The molecule has 0 spiro atoms. The number of methoxy groups -OCH3 is 1. The summed E-state index contributed by atoms with van der Waals surface area (Å²) in [5.41, 5.74) is 1.46. The van der Waals surface area contributed by atoms with Crippen molar-refractivity contribution >= 4 is 17.5 Å². The van der Waals surface area contributed by atoms with E-state index in [2.05, 4.69) is 5.32 Å². The molecule has 2 aromatic carbocycles. The number of halogens is 1. The van der Waals surface area contributed by atoms with E-state index in [-0.39, 0.29) is 5.91 Å². The van der Waals surface area contributed by atoms with E-state index in [1.807, 2.05) is 25.1 Å². The molecule has 0 saturated carbocycles. The number of ether oxygens (including phenoxy) is 2. The summed E-state index contributed by atoms with van der Waals surface area (Å²) in [5.74, 6) is 0.984. The molecule has 0 bridgehead atoms. The molecule has 1 N–H and O–H groups in total. The zero-order chi connectivity index (χ0) is 15.9. The van der Waals surface area contributed by atoms with E-state index in [0.717, 1.165) is 5.56 Å². The van der Waals surface area contributed by atoms with Crippen LogP contribution < -0.4 is 14.8 Å². The molecule has 0 aliphatic rings. The molecular weight excluding hydrogens is 302 g/mol. The van der Waals surface area contributed by atoms with Crippen molar-refractivity contribution in [1.82, 2.24) is 5.32 Å². The molecule has 0 saturated heterocycles. The van der Waals surface area contributed by atoms with Gasteiger partial charge < -0.3 is 14.8 Å². The van der Waals surface area contributed by atoms with Gasteiger partial charge in [-0.05, 0) is 42.8 Å². The molecule has 0 aliphatic heterocycles. The highest BCUT2D eigenvalue weighted by molar-refractivity contribution is 6.30. The summed E-state index contributed by atoms with van der Waals surface area (Å²) in [5, 5.41) is 3.50. The van der Waals surface area contributed by atoms with Crippen molar-refractivity contribution in [3.8, 4) is 11.5 Å². The van der Waals surface area contributed by atoms with Gasteiger partial charge in [0.15, 0.2) is 11.5 Å². The van der Waals surface area contributed by atoms with E-state index in [4.69, 9.17) is 21.1 Å². The van der Waals surface area contributed by atoms with Crippen LogP contribution in [0, 0.1) is 0 Å². The lowest BCUT2D eigenvalue weighted by molar-refractivity contribution is 0.0950. The summed E-state index contributed by atoms with van der Waals surface area (Å²) in [6, 6.07) is 12.5. The lowest BCUT2D eigenvalue weighted by atomic mass is 10.1. The van der Waals surface area contributed by atoms with E-state index in [9.17, 15) is 4.79 Å². The highest BCUT2D eigenvalue weighted by Gasteiger charge is 2.11. The number of amides is 1. The summed E-state index contributed by atoms with van der Waals surface area (Å²) in [7, 11) is 1.57. The van der Waals surface area contributed by atoms with Gasteiger partial charge in [0.1, 0.15) is 0 Å². The second-order valence-corrected chi connectivity index (χ2v) is 5.05. The van der Waals surface area contributed by atoms with Crippen molar-refractivity contribution in [3.63, 3.8) is 0 Å². The van der Waals surface area contributed by atoms with Crippen LogP contribution >= 0.6 is 11.6 Å². The second kappa shape index (κ2) is 7.71. The first-order valence-corrected chi connectivity index (χ1v) is 7.35. The summed E-state index contributed by atoms with van der Waals surface area (Å²) in [6.07, 6.45) is 0. The van der Waals surface area contributed by atoms with Gasteiger partial charge in [-0.25, -0.2) is 0 Å². The lowest BCUT2D eigenvalue weighted by Crippen LogP contribution is -2.22. The van der Waals surface area contributed by atoms with Crippen LogP contribution in [0.1, 0.15) is 22.8 Å². The Balaban J connectivity index is 2.07. The third-order valence-corrected chi connectivity index (χ3v) is 3.30. The number of hydrogen-bond acceptors (Lipinski definition) is 3. The molecule has 0 aliphatic carbocycles. The predicted octanol–water partition coefficient (Wildman–Crippen LogP) is 3.68. The fraction of sp³-hybridized carbons (Fsp3) is 0.235. The Morgan fingerprint density at radius 2 is 2.00 bits per heavy atom. The number of benzene rings is 2. The SMILES string of the molecule is CCOc1cc(C(=O)NCc2cccc(Cl)c2)ccc1OC. The molecular formula is C17H18ClNO3. The Hall–Kier alpha value is -2.20. The van der Waals surface area contributed by atoms with Crippen LogP contribution in [0.5, 0.6) is 11.5 Å². The quantitative estimate of drug-likeness (QED) is 0.883. The van der Waals surface area contributed by atoms with Crippen LogP contribution in [0.25, 0.3) is 0 Å². The molecule has 0 aromatic heterocycles. The van der Waals surface area contributed by atoms with Crippen molar-refractivity contribution in [2.45, 2.75) is 13.5 Å². The smallest absolute Gasteiger partial charge is 0.251 e. The van der Waals surface area contributed by atoms with Gasteiger partial charge in [0.25, 0.3) is 5.91 Å². The minimum atomic E-state index is -0.177. The van der Waals surface area contributed by atoms with Crippen LogP contribution in [-0.4, -0.2) is 19.6 Å². The Morgan fingerprint density at radius 1 is 1.18 bits per heavy atom. The van der Waals surface area contributed by atoms with Gasteiger partial charge in [-0.15, -0.1) is 0 Å². The number of hydrogen-bond donors (Lipinski definition) is 1. The van der Waals surface area contributed by atoms with Crippen molar-refractivity contribution in [1.29, 1.82) is 0 Å². The van der Waals surface area contributed by atoms with Gasteiger partial charge in [-0.1, -0.05) is 23.7 Å². The number of nitrogens with one attached hydrogen (secondary N) is 1. The Kier molecular flexibility index (Phi) is 5.67. The van der Waals surface area contributed by atoms with E-state index >= 15 is 0 Å². The fourth-order valence-electron chi connectivity index (χ4n) is 2.02. The van der Waals surface area contributed by atoms with Crippen molar-refractivity contribution in [2.75, 3.05) is 13.7 Å². The average Bonchev–Trinajstić information content (AvgIpc) is 2.53. The largest absolute Gasteiger partial charge is 0.493 e. The molecule has 0 atom stereocenters. The van der Waals surface area contributed by atoms with E-state index in [0.29, 0.717) is 35.2 Å². The molecule has 0 unspecified atom stereocenters. The summed E-state index contributed by atoms with van der Waals surface area (Å²) in [6.45, 7) is 2.80. The molecule has 2 aromatic rings. The third kappa shape index (κ3) is 4.15. The van der Waals surface area contributed by atoms with Gasteiger partial charge in [-0.2, -0.15) is 0 Å². The lowest BCUT2D eigenvalue weighted by Gasteiger charge is -2.11. The normalized spacial score (nSPS) is 10.1. The minimum absolute atomic E-state index is 0.177. The fourth-order valence-corrected chi connectivity index (χ4v) is 2.23. The Morgan fingerprint density at radius 3 is 2.68 bits per heavy atom. The van der Waals surface area contributed by atoms with Gasteiger partial charge >= 0.3 is 0 Å². The van der Waals surface area contributed by atoms with E-state index < -0.39 is 0 Å². The molecule has 0 fully saturated rings. The van der Waals surface area contributed by atoms with E-state index in [1.165, 1.54) is 0 Å². The van der Waals surface area contributed by atoms with Crippen molar-refractivity contribution < 1.29 is 14.3 Å². The number of rotatable bonds is 6. The standard InChI is InChI=1S/C17H18ClNO3/c1-3-22-16-10-13(7-8-15(16)21-2)17(20)19-11-12-5-4-6-14(18)9-12/h4-10H,3,11H2,1-2H3,(H,19,20). The van der Waals surface area contributed by atoms with Crippen LogP contribution in [-0.2, 0) is 6.54 Å². The van der Waals surface area contributed by atoms with Crippen LogP contribution in [0.3, 0.4) is 0 Å². The summed E-state index contributed by atoms with van der Waals surface area (Å²) < 4.78 is 10.7. The maximum absolute atomic E-state index is 12.2. The van der Waals surface area contributed by atoms with E-state index in [1.54, 1.807) is 31.4 Å². The number of carbonyl (C=O) groups excluding carboxylic acids is 1. The molecule has 4 nitrogen and oxygen atoms in total. The summed E-state index contributed by atoms with van der Waals surface area (Å²) in [4.78, 5) is 12.2. The Bertz CT molecular complexity index is 658. The molecule has 0 radical (unpaired) electrons. The van der Waals surface area contributed by atoms with Crippen LogP contribution in [0.15, 0.2) is 42.5 Å². The molecule has 5 heteroatoms. The first-order valence-electron chi connectivity index (χ1n) is 6.97. The third-order valence-electron chi connectivity index (χ3n) is 3.07. The van der Waals surface area contributed by atoms with Gasteiger partial charge in [0.05, 0.1) is 13.7 Å². The highest BCUT2D eigenvalue weighted by Crippen LogP contribution is 2.28. The first kappa shape index (κ1) is 16.2. The van der Waals surface area contributed by atoms with Gasteiger partial charge in [0, 0.05) is 17.1 Å². The zero-order valence-corrected chi connectivity index (χ0v) is 13.3. The molecule has 116 valence electrons. The molecule has 0 heterocycles. The monoisotopic (exact) mass is 319 g/mol. The second-order valence-electron chi connectivity index (χ2n) is 4.61. The zero-order valence-electron chi connectivity index (χ0n) is 12.6. The van der Waals surface area contributed by atoms with Crippen LogP contribution in [0.2, 0.25) is 5.02 Å². The number of carbonyl (C=O) groups is 1. The highest BCUT2D eigenvalue weighted by atomic mass is 35.5. The maximum Gasteiger partial charge on any atom is 0.251 e. The predicted molar refractivity (Wildman–Crippen MR) is 86.8 cm³/mol. The van der Waals surface area contributed by atoms with Gasteiger partial charge in [0.2, 0.25) is 0 Å². The molecule has 1 amide bonds. The maximum atomic E-state index is 12.2. The van der Waals surface area contributed by atoms with Crippen LogP contribution in [0.4, 0.5) is 0 Å². The van der Waals surface area contributed by atoms with Gasteiger partial charge in [-0.3, -0.25) is 4.79 Å². The van der Waals surface area contributed by atoms with Crippen molar-refractivity contribution in [2.24, 2.45) is 0 Å². The molecule has 2 rings (SSSR count). The van der Waals surface area contributed by atoms with Crippen molar-refractivity contribution in [3.05, 3.63) is 58.6 Å². The summed E-state index contributed by atoms with van der Waals surface area (Å²) >= 11 is 5.92. The topological polar surface area (TPSA) is 47.6 Å². The molecule has 22 heavy (non-hydrogen) atoms. The Labute approximate surface area is 135 Å². The first-order chi connectivity index (χ1) is 10.6. The minimum Gasteiger partial charge on any atom is -0.493 e.